The van der Waals surface area contributed by atoms with E-state index in [1.807, 2.05) is 36.4 Å². The van der Waals surface area contributed by atoms with Crippen molar-refractivity contribution >= 4 is 23.0 Å². The van der Waals surface area contributed by atoms with Crippen molar-refractivity contribution in [2.45, 2.75) is 24.9 Å². The number of nitrogens with zero attached hydrogens (tertiary/aromatic N) is 1. The van der Waals surface area contributed by atoms with E-state index in [9.17, 15) is 4.79 Å². The number of nitrogens with one attached hydrogen (secondary N) is 2. The molecule has 27 heavy (non-hydrogen) atoms. The fourth-order valence-electron chi connectivity index (χ4n) is 3.60. The van der Waals surface area contributed by atoms with E-state index in [0.717, 1.165) is 44.8 Å². The third-order valence-corrected chi connectivity index (χ3v) is 5.39. The molecule has 0 aliphatic carbocycles. The molecule has 4 N–H and O–H groups in total. The average Bonchev–Trinajstić information content (AvgIpc) is 2.64. The van der Waals surface area contributed by atoms with Crippen LogP contribution in [0.2, 0.25) is 0 Å². The van der Waals surface area contributed by atoms with Crippen molar-refractivity contribution < 1.29 is 9.53 Å². The number of nitrogens with two attached hydrogens (primary N) is 1. The molecule has 0 spiro atoms. The number of benzene rings is 2. The van der Waals surface area contributed by atoms with Gasteiger partial charge in [-0.05, 0) is 49.2 Å². The van der Waals surface area contributed by atoms with Crippen molar-refractivity contribution in [2.75, 3.05) is 42.7 Å². The zero-order valence-electron chi connectivity index (χ0n) is 15.4. The maximum atomic E-state index is 12.4. The Morgan fingerprint density at radius 2 is 1.74 bits per heavy atom. The van der Waals surface area contributed by atoms with E-state index in [2.05, 4.69) is 15.5 Å². The van der Waals surface area contributed by atoms with Gasteiger partial charge in [0.1, 0.15) is 0 Å². The smallest absolute Gasteiger partial charge is 0.255 e. The second-order valence-electron chi connectivity index (χ2n) is 7.26. The maximum Gasteiger partial charge on any atom is 0.255 e. The number of carbonyl (C=O) groups is 1. The van der Waals surface area contributed by atoms with Gasteiger partial charge in [0.2, 0.25) is 0 Å². The Kier molecular flexibility index (Phi) is 5.27. The summed E-state index contributed by atoms with van der Waals surface area (Å²) in [6, 6.07) is 16.0. The van der Waals surface area contributed by atoms with E-state index >= 15 is 0 Å². The molecule has 142 valence electrons. The molecular formula is C21H26N4O2. The molecule has 2 aliphatic heterocycles. The quantitative estimate of drug-likeness (QED) is 0.709. The van der Waals surface area contributed by atoms with Crippen LogP contribution >= 0.6 is 0 Å². The highest BCUT2D eigenvalue weighted by molar-refractivity contribution is 6.05. The van der Waals surface area contributed by atoms with E-state index in [-0.39, 0.29) is 5.91 Å². The van der Waals surface area contributed by atoms with E-state index in [0.29, 0.717) is 29.0 Å². The molecule has 6 nitrogen and oxygen atoms in total. The van der Waals surface area contributed by atoms with Crippen LogP contribution in [-0.2, 0) is 4.74 Å². The highest BCUT2D eigenvalue weighted by Crippen LogP contribution is 2.22. The number of amides is 1. The number of hydrogen-bond donors (Lipinski definition) is 3. The van der Waals surface area contributed by atoms with Gasteiger partial charge in [-0.25, -0.2) is 0 Å². The molecule has 0 aromatic heterocycles. The van der Waals surface area contributed by atoms with Crippen molar-refractivity contribution in [3.05, 3.63) is 54.1 Å². The van der Waals surface area contributed by atoms with Crippen LogP contribution in [0.4, 0.5) is 17.1 Å². The Morgan fingerprint density at radius 3 is 2.37 bits per heavy atom. The minimum atomic E-state index is -0.157. The molecule has 2 aliphatic rings. The first kappa shape index (κ1) is 17.8. The van der Waals surface area contributed by atoms with Gasteiger partial charge in [0.25, 0.3) is 5.91 Å². The molecule has 0 saturated carbocycles. The number of hydrogen-bond acceptors (Lipinski definition) is 5. The van der Waals surface area contributed by atoms with Crippen LogP contribution in [0.25, 0.3) is 0 Å². The summed E-state index contributed by atoms with van der Waals surface area (Å²) in [5.74, 6) is -0.157. The van der Waals surface area contributed by atoms with Crippen molar-refractivity contribution in [1.82, 2.24) is 4.90 Å². The van der Waals surface area contributed by atoms with Gasteiger partial charge in [-0.15, -0.1) is 0 Å². The monoisotopic (exact) mass is 366 g/mol. The summed E-state index contributed by atoms with van der Waals surface area (Å²) in [5, 5.41) is 6.45. The van der Waals surface area contributed by atoms with Crippen LogP contribution in [0.3, 0.4) is 0 Å². The number of rotatable bonds is 5. The Hall–Kier alpha value is -2.57. The van der Waals surface area contributed by atoms with Gasteiger partial charge in [-0.1, -0.05) is 12.1 Å². The first-order valence-electron chi connectivity index (χ1n) is 9.53. The predicted octanol–water partition coefficient (Wildman–Crippen LogP) is 2.80. The standard InChI is InChI=1S/C21H26N4O2/c22-19-3-1-2-4-20(19)24-21(26)15-5-7-16(8-6-15)23-17-9-11-25(12-10-17)18-13-27-14-18/h1-8,17-18,23H,9-14,22H2,(H,24,26). The summed E-state index contributed by atoms with van der Waals surface area (Å²) < 4.78 is 5.29. The van der Waals surface area contributed by atoms with Gasteiger partial charge in [0, 0.05) is 30.4 Å². The molecule has 1 amide bonds. The largest absolute Gasteiger partial charge is 0.397 e. The van der Waals surface area contributed by atoms with Gasteiger partial charge in [0.05, 0.1) is 30.6 Å². The first-order valence-corrected chi connectivity index (χ1v) is 9.53. The average molecular weight is 366 g/mol. The predicted molar refractivity (Wildman–Crippen MR) is 108 cm³/mol. The molecule has 2 aromatic carbocycles. The zero-order chi connectivity index (χ0) is 18.6. The van der Waals surface area contributed by atoms with Crippen molar-refractivity contribution in [3.63, 3.8) is 0 Å². The summed E-state index contributed by atoms with van der Waals surface area (Å²) in [5.41, 5.74) is 8.74. The van der Waals surface area contributed by atoms with Gasteiger partial charge < -0.3 is 21.1 Å². The lowest BCUT2D eigenvalue weighted by molar-refractivity contribution is -0.0705. The summed E-state index contributed by atoms with van der Waals surface area (Å²) in [7, 11) is 0. The summed E-state index contributed by atoms with van der Waals surface area (Å²) >= 11 is 0. The van der Waals surface area contributed by atoms with Crippen LogP contribution < -0.4 is 16.4 Å². The minimum absolute atomic E-state index is 0.157. The molecule has 2 aromatic rings. The third kappa shape index (κ3) is 4.23. The Morgan fingerprint density at radius 1 is 1.04 bits per heavy atom. The van der Waals surface area contributed by atoms with Gasteiger partial charge in [-0.2, -0.15) is 0 Å². The fourth-order valence-corrected chi connectivity index (χ4v) is 3.60. The van der Waals surface area contributed by atoms with Crippen LogP contribution in [0.5, 0.6) is 0 Å². The van der Waals surface area contributed by atoms with Crippen LogP contribution in [0.15, 0.2) is 48.5 Å². The van der Waals surface area contributed by atoms with Crippen LogP contribution in [0, 0.1) is 0 Å². The van der Waals surface area contributed by atoms with Crippen molar-refractivity contribution in [2.24, 2.45) is 0 Å². The topological polar surface area (TPSA) is 79.6 Å². The Balaban J connectivity index is 1.30. The SMILES string of the molecule is Nc1ccccc1NC(=O)c1ccc(NC2CCN(C3COC3)CC2)cc1. The molecule has 2 saturated heterocycles. The van der Waals surface area contributed by atoms with E-state index in [1.54, 1.807) is 12.1 Å². The lowest BCUT2D eigenvalue weighted by atomic mass is 10.0. The number of carbonyl (C=O) groups excluding carboxylic acids is 1. The molecular weight excluding hydrogens is 340 g/mol. The summed E-state index contributed by atoms with van der Waals surface area (Å²) in [4.78, 5) is 14.9. The number of para-hydroxylation sites is 2. The highest BCUT2D eigenvalue weighted by atomic mass is 16.5. The minimum Gasteiger partial charge on any atom is -0.397 e. The van der Waals surface area contributed by atoms with Crippen molar-refractivity contribution in [3.8, 4) is 0 Å². The summed E-state index contributed by atoms with van der Waals surface area (Å²) in [6.07, 6.45) is 2.26. The van der Waals surface area contributed by atoms with Gasteiger partial charge >= 0.3 is 0 Å². The van der Waals surface area contributed by atoms with E-state index in [1.165, 1.54) is 0 Å². The second-order valence-corrected chi connectivity index (χ2v) is 7.26. The maximum absolute atomic E-state index is 12.4. The van der Waals surface area contributed by atoms with E-state index in [4.69, 9.17) is 10.5 Å². The second kappa shape index (κ2) is 7.98. The molecule has 4 rings (SSSR count). The third-order valence-electron chi connectivity index (χ3n) is 5.39. The summed E-state index contributed by atoms with van der Waals surface area (Å²) in [6.45, 7) is 4.00. The Labute approximate surface area is 159 Å². The van der Waals surface area contributed by atoms with Gasteiger partial charge in [-0.3, -0.25) is 9.69 Å². The molecule has 0 radical (unpaired) electrons. The molecule has 0 unspecified atom stereocenters. The first-order chi connectivity index (χ1) is 13.2. The van der Waals surface area contributed by atoms with Crippen LogP contribution in [0.1, 0.15) is 23.2 Å². The highest BCUT2D eigenvalue weighted by Gasteiger charge is 2.29. The lowest BCUT2D eigenvalue weighted by Gasteiger charge is -2.41. The number of nitrogen functional groups attached to an aromatic ring is 1. The number of piperidine rings is 1. The number of anilines is 3. The normalized spacial score (nSPS) is 18.7. The zero-order valence-corrected chi connectivity index (χ0v) is 15.4. The molecule has 6 heteroatoms. The molecule has 2 heterocycles. The fraction of sp³-hybridized carbons (Fsp3) is 0.381. The number of ether oxygens (including phenoxy) is 1. The van der Waals surface area contributed by atoms with Crippen LogP contribution in [-0.4, -0.2) is 49.2 Å². The van der Waals surface area contributed by atoms with Gasteiger partial charge in [0.15, 0.2) is 0 Å². The molecule has 2 fully saturated rings. The Bertz CT molecular complexity index is 781. The van der Waals surface area contributed by atoms with E-state index < -0.39 is 0 Å². The van der Waals surface area contributed by atoms with Crippen molar-refractivity contribution in [1.29, 1.82) is 0 Å². The number of likely N-dealkylation sites (tertiary alicyclic amines) is 1. The molecule has 0 atom stereocenters. The molecule has 0 bridgehead atoms. The lowest BCUT2D eigenvalue weighted by Crippen LogP contribution is -2.53.